The fourth-order valence-electron chi connectivity index (χ4n) is 2.15. The van der Waals surface area contributed by atoms with Gasteiger partial charge in [-0.1, -0.05) is 0 Å². The molecule has 0 aliphatic rings. The molecule has 3 rings (SSSR count). The third kappa shape index (κ3) is 2.27. The summed E-state index contributed by atoms with van der Waals surface area (Å²) in [6.07, 6.45) is 2.72. The van der Waals surface area contributed by atoms with Crippen molar-refractivity contribution < 1.29 is 0 Å². The topological polar surface area (TPSA) is 56.7 Å². The molecule has 98 valence electrons. The van der Waals surface area contributed by atoms with Gasteiger partial charge in [0.2, 0.25) is 0 Å². The smallest absolute Gasteiger partial charge is 0.123 e. The molecule has 4 nitrogen and oxygen atoms in total. The molecule has 0 fully saturated rings. The van der Waals surface area contributed by atoms with Crippen molar-refractivity contribution in [3.05, 3.63) is 35.6 Å². The van der Waals surface area contributed by atoms with E-state index in [1.54, 1.807) is 11.3 Å². The van der Waals surface area contributed by atoms with E-state index in [1.165, 1.54) is 5.52 Å². The van der Waals surface area contributed by atoms with Crippen LogP contribution in [0, 0.1) is 0 Å². The molecule has 2 N–H and O–H groups in total. The lowest BCUT2D eigenvalue weighted by Gasteiger charge is -2.00. The molecule has 1 aromatic carbocycles. The molecule has 0 unspecified atom stereocenters. The summed E-state index contributed by atoms with van der Waals surface area (Å²) in [6.45, 7) is 3.70. The van der Waals surface area contributed by atoms with Gasteiger partial charge in [-0.15, -0.1) is 11.3 Å². The maximum absolute atomic E-state index is 5.55. The Morgan fingerprint density at radius 3 is 3.05 bits per heavy atom. The average Bonchev–Trinajstić information content (AvgIpc) is 3.04. The Morgan fingerprint density at radius 1 is 1.37 bits per heavy atom. The molecule has 0 spiro atoms. The van der Waals surface area contributed by atoms with E-state index in [9.17, 15) is 0 Å². The maximum atomic E-state index is 5.55. The molecule has 2 aromatic heterocycles. The van der Waals surface area contributed by atoms with Crippen molar-refractivity contribution in [3.8, 4) is 10.6 Å². The van der Waals surface area contributed by atoms with Crippen LogP contribution in [0.1, 0.15) is 12.6 Å². The lowest BCUT2D eigenvalue weighted by molar-refractivity contribution is 0.787. The van der Waals surface area contributed by atoms with Crippen LogP contribution in [0.15, 0.2) is 29.9 Å². The minimum atomic E-state index is 0.642. The number of imidazole rings is 1. The number of thiazole rings is 1. The third-order valence-electron chi connectivity index (χ3n) is 3.16. The highest BCUT2D eigenvalue weighted by atomic mass is 32.1. The number of hydrogen-bond donors (Lipinski definition) is 1. The minimum Gasteiger partial charge on any atom is -0.331 e. The van der Waals surface area contributed by atoms with Crippen LogP contribution < -0.4 is 5.73 Å². The molecule has 0 aliphatic carbocycles. The zero-order valence-corrected chi connectivity index (χ0v) is 11.7. The van der Waals surface area contributed by atoms with Crippen molar-refractivity contribution in [2.24, 2.45) is 5.73 Å². The first-order valence-corrected chi connectivity index (χ1v) is 7.29. The SMILES string of the molecule is CCn1cnc2cc(-c3nc(CCN)cs3)ccc21. The second kappa shape index (κ2) is 5.11. The van der Waals surface area contributed by atoms with E-state index >= 15 is 0 Å². The Hall–Kier alpha value is -1.72. The Balaban J connectivity index is 2.00. The van der Waals surface area contributed by atoms with Gasteiger partial charge in [0.25, 0.3) is 0 Å². The number of fused-ring (bicyclic) bond motifs is 1. The van der Waals surface area contributed by atoms with Crippen molar-refractivity contribution in [2.75, 3.05) is 6.54 Å². The summed E-state index contributed by atoms with van der Waals surface area (Å²) < 4.78 is 2.14. The van der Waals surface area contributed by atoms with E-state index in [2.05, 4.69) is 45.0 Å². The van der Waals surface area contributed by atoms with Crippen molar-refractivity contribution in [1.29, 1.82) is 0 Å². The van der Waals surface area contributed by atoms with Crippen LogP contribution >= 0.6 is 11.3 Å². The van der Waals surface area contributed by atoms with Crippen LogP contribution in [0.5, 0.6) is 0 Å². The molecule has 3 aromatic rings. The van der Waals surface area contributed by atoms with Gasteiger partial charge in [-0.25, -0.2) is 9.97 Å². The van der Waals surface area contributed by atoms with E-state index in [0.29, 0.717) is 6.54 Å². The zero-order valence-electron chi connectivity index (χ0n) is 10.8. The first-order valence-electron chi connectivity index (χ1n) is 6.41. The summed E-state index contributed by atoms with van der Waals surface area (Å²) in [6, 6.07) is 6.33. The third-order valence-corrected chi connectivity index (χ3v) is 4.10. The number of nitrogens with two attached hydrogens (primary N) is 1. The highest BCUT2D eigenvalue weighted by molar-refractivity contribution is 7.13. The Labute approximate surface area is 115 Å². The molecule has 19 heavy (non-hydrogen) atoms. The number of benzene rings is 1. The van der Waals surface area contributed by atoms with Gasteiger partial charge in [-0.3, -0.25) is 0 Å². The quantitative estimate of drug-likeness (QED) is 0.794. The van der Waals surface area contributed by atoms with Gasteiger partial charge in [0.15, 0.2) is 0 Å². The molecule has 0 aliphatic heterocycles. The Kier molecular flexibility index (Phi) is 3.31. The molecule has 0 bridgehead atoms. The molecular weight excluding hydrogens is 256 g/mol. The van der Waals surface area contributed by atoms with Crippen LogP contribution in [-0.2, 0) is 13.0 Å². The summed E-state index contributed by atoms with van der Waals surface area (Å²) in [4.78, 5) is 9.05. The van der Waals surface area contributed by atoms with Gasteiger partial charge in [-0.2, -0.15) is 0 Å². The summed E-state index contributed by atoms with van der Waals surface area (Å²) in [5.41, 5.74) is 9.95. The zero-order chi connectivity index (χ0) is 13.2. The van der Waals surface area contributed by atoms with Gasteiger partial charge in [-0.05, 0) is 31.7 Å². The van der Waals surface area contributed by atoms with Gasteiger partial charge in [0.1, 0.15) is 5.01 Å². The van der Waals surface area contributed by atoms with Gasteiger partial charge in [0, 0.05) is 23.9 Å². The molecular formula is C14H16N4S. The summed E-state index contributed by atoms with van der Waals surface area (Å²) >= 11 is 1.66. The highest BCUT2D eigenvalue weighted by Gasteiger charge is 2.07. The van der Waals surface area contributed by atoms with E-state index in [-0.39, 0.29) is 0 Å². The minimum absolute atomic E-state index is 0.642. The van der Waals surface area contributed by atoms with Crippen LogP contribution in [0.3, 0.4) is 0 Å². The van der Waals surface area contributed by atoms with Crippen molar-refractivity contribution in [3.63, 3.8) is 0 Å². The lowest BCUT2D eigenvalue weighted by atomic mass is 10.2. The Morgan fingerprint density at radius 2 is 2.26 bits per heavy atom. The predicted molar refractivity (Wildman–Crippen MR) is 79.3 cm³/mol. The van der Waals surface area contributed by atoms with Crippen molar-refractivity contribution in [2.45, 2.75) is 19.9 Å². The summed E-state index contributed by atoms with van der Waals surface area (Å²) in [5.74, 6) is 0. The van der Waals surface area contributed by atoms with Crippen LogP contribution in [0.2, 0.25) is 0 Å². The van der Waals surface area contributed by atoms with E-state index in [1.807, 2.05) is 6.33 Å². The molecule has 2 heterocycles. The fraction of sp³-hybridized carbons (Fsp3) is 0.286. The number of aryl methyl sites for hydroxylation is 1. The van der Waals surface area contributed by atoms with Crippen molar-refractivity contribution >= 4 is 22.4 Å². The highest BCUT2D eigenvalue weighted by Crippen LogP contribution is 2.26. The van der Waals surface area contributed by atoms with Gasteiger partial charge in [0.05, 0.1) is 23.1 Å². The van der Waals surface area contributed by atoms with Crippen LogP contribution in [0.25, 0.3) is 21.6 Å². The maximum Gasteiger partial charge on any atom is 0.123 e. The Bertz CT molecular complexity index is 698. The molecule has 0 amide bonds. The number of hydrogen-bond acceptors (Lipinski definition) is 4. The van der Waals surface area contributed by atoms with E-state index < -0.39 is 0 Å². The van der Waals surface area contributed by atoms with Gasteiger partial charge < -0.3 is 10.3 Å². The fourth-order valence-corrected chi connectivity index (χ4v) is 3.00. The number of nitrogens with zero attached hydrogens (tertiary/aromatic N) is 3. The molecule has 0 saturated carbocycles. The largest absolute Gasteiger partial charge is 0.331 e. The van der Waals surface area contributed by atoms with E-state index in [0.717, 1.165) is 34.7 Å². The first kappa shape index (κ1) is 12.3. The summed E-state index contributed by atoms with van der Waals surface area (Å²) in [7, 11) is 0. The molecule has 0 saturated heterocycles. The summed E-state index contributed by atoms with van der Waals surface area (Å²) in [5, 5.41) is 3.12. The lowest BCUT2D eigenvalue weighted by Crippen LogP contribution is -2.02. The first-order chi connectivity index (χ1) is 9.31. The number of aromatic nitrogens is 3. The monoisotopic (exact) mass is 272 g/mol. The molecule has 0 atom stereocenters. The average molecular weight is 272 g/mol. The predicted octanol–water partition coefficient (Wildman–Crippen LogP) is 2.68. The van der Waals surface area contributed by atoms with Gasteiger partial charge >= 0.3 is 0 Å². The second-order valence-corrected chi connectivity index (χ2v) is 5.27. The molecule has 5 heteroatoms. The number of rotatable bonds is 4. The standard InChI is InChI=1S/C14H16N4S/c1-2-18-9-16-12-7-10(3-4-13(12)18)14-17-11(5-6-15)8-19-14/h3-4,7-9H,2,5-6,15H2,1H3. The second-order valence-electron chi connectivity index (χ2n) is 4.42. The normalized spacial score (nSPS) is 11.3. The van der Waals surface area contributed by atoms with Crippen LogP contribution in [-0.4, -0.2) is 21.1 Å². The van der Waals surface area contributed by atoms with Crippen LogP contribution in [0.4, 0.5) is 0 Å². The van der Waals surface area contributed by atoms with Crippen molar-refractivity contribution in [1.82, 2.24) is 14.5 Å². The molecule has 0 radical (unpaired) electrons. The van der Waals surface area contributed by atoms with E-state index in [4.69, 9.17) is 5.73 Å².